The van der Waals surface area contributed by atoms with Gasteiger partial charge >= 0.3 is 0 Å². The number of fused-ring (bicyclic) bond motifs is 2. The molecule has 1 unspecified atom stereocenters. The molecule has 142 valence electrons. The fraction of sp³-hybridized carbons (Fsp3) is 0.400. The first kappa shape index (κ1) is 18.1. The zero-order chi connectivity index (χ0) is 18.8. The number of hydrogen-bond donors (Lipinski definition) is 1. The minimum Gasteiger partial charge on any atom is -0.370 e. The molecule has 7 nitrogen and oxygen atoms in total. The highest BCUT2D eigenvalue weighted by Gasteiger charge is 2.67. The third kappa shape index (κ3) is 3.59. The fourth-order valence-electron chi connectivity index (χ4n) is 3.94. The first-order chi connectivity index (χ1) is 13.1. The molecule has 1 saturated heterocycles. The van der Waals surface area contributed by atoms with Crippen molar-refractivity contribution in [3.8, 4) is 0 Å². The Morgan fingerprint density at radius 3 is 1.96 bits per heavy atom. The van der Waals surface area contributed by atoms with Gasteiger partial charge in [0.05, 0.1) is 13.2 Å². The number of nitro groups is 1. The summed E-state index contributed by atoms with van der Waals surface area (Å²) in [5.74, 6) is -0.755. The molecule has 1 N–H and O–H groups in total. The topological polar surface area (TPSA) is 91.1 Å². The van der Waals surface area contributed by atoms with Gasteiger partial charge in [0.1, 0.15) is 18.1 Å². The van der Waals surface area contributed by atoms with Gasteiger partial charge in [-0.05, 0) is 11.1 Å². The van der Waals surface area contributed by atoms with E-state index in [1.54, 1.807) is 0 Å². The zero-order valence-corrected chi connectivity index (χ0v) is 14.6. The van der Waals surface area contributed by atoms with Crippen molar-refractivity contribution in [3.63, 3.8) is 0 Å². The molecule has 0 spiro atoms. The maximum absolute atomic E-state index is 11.7. The van der Waals surface area contributed by atoms with Crippen molar-refractivity contribution >= 4 is 0 Å². The van der Waals surface area contributed by atoms with Gasteiger partial charge in [0, 0.05) is 4.92 Å². The molecular formula is C20H21NO6. The van der Waals surface area contributed by atoms with Gasteiger partial charge in [0.25, 0.3) is 6.04 Å². The van der Waals surface area contributed by atoms with E-state index in [0.717, 1.165) is 11.1 Å². The second-order valence-electron chi connectivity index (χ2n) is 6.87. The second-order valence-corrected chi connectivity index (χ2v) is 6.87. The van der Waals surface area contributed by atoms with E-state index >= 15 is 0 Å². The number of benzene rings is 2. The summed E-state index contributed by atoms with van der Waals surface area (Å²) in [5.41, 5.74) is 1.88. The highest BCUT2D eigenvalue weighted by Crippen LogP contribution is 2.44. The SMILES string of the molecule is O=[N+]([O-])[C@@H]1[C@@H](OCc2ccccc2)[C@H]2OC(O)[C@@H]1[C@H]2OCc1ccccc1. The molecule has 1 saturated carbocycles. The van der Waals surface area contributed by atoms with Gasteiger partial charge in [-0.1, -0.05) is 60.7 Å². The summed E-state index contributed by atoms with van der Waals surface area (Å²) in [6.07, 6.45) is -3.25. The fourth-order valence-corrected chi connectivity index (χ4v) is 3.94. The maximum atomic E-state index is 11.7. The van der Waals surface area contributed by atoms with Crippen LogP contribution in [0.3, 0.4) is 0 Å². The van der Waals surface area contributed by atoms with Gasteiger partial charge < -0.3 is 19.3 Å². The lowest BCUT2D eigenvalue weighted by molar-refractivity contribution is -0.552. The van der Waals surface area contributed by atoms with Crippen molar-refractivity contribution < 1.29 is 24.2 Å². The third-order valence-corrected chi connectivity index (χ3v) is 5.20. The van der Waals surface area contributed by atoms with Crippen LogP contribution in [0, 0.1) is 16.0 Å². The molecule has 1 aliphatic carbocycles. The van der Waals surface area contributed by atoms with Crippen molar-refractivity contribution in [2.45, 2.75) is 43.9 Å². The van der Waals surface area contributed by atoms with Gasteiger partial charge in [0.2, 0.25) is 0 Å². The Morgan fingerprint density at radius 2 is 1.44 bits per heavy atom. The van der Waals surface area contributed by atoms with Crippen LogP contribution < -0.4 is 0 Å². The van der Waals surface area contributed by atoms with E-state index in [1.165, 1.54) is 0 Å². The first-order valence-corrected chi connectivity index (χ1v) is 8.93. The molecular weight excluding hydrogens is 350 g/mol. The van der Waals surface area contributed by atoms with Gasteiger partial charge in [0.15, 0.2) is 12.4 Å². The molecule has 2 bridgehead atoms. The van der Waals surface area contributed by atoms with Crippen LogP contribution in [-0.2, 0) is 27.4 Å². The van der Waals surface area contributed by atoms with Crippen LogP contribution >= 0.6 is 0 Å². The van der Waals surface area contributed by atoms with Crippen molar-refractivity contribution in [1.82, 2.24) is 0 Å². The van der Waals surface area contributed by atoms with Crippen LogP contribution in [0.2, 0.25) is 0 Å². The molecule has 7 heteroatoms. The molecule has 2 aromatic carbocycles. The van der Waals surface area contributed by atoms with Crippen molar-refractivity contribution in [1.29, 1.82) is 0 Å². The van der Waals surface area contributed by atoms with Gasteiger partial charge in [-0.15, -0.1) is 0 Å². The molecule has 1 heterocycles. The maximum Gasteiger partial charge on any atom is 0.251 e. The van der Waals surface area contributed by atoms with E-state index in [-0.39, 0.29) is 11.5 Å². The van der Waals surface area contributed by atoms with Crippen LogP contribution in [0.1, 0.15) is 11.1 Å². The average molecular weight is 371 g/mol. The van der Waals surface area contributed by atoms with Crippen molar-refractivity contribution in [2.75, 3.05) is 0 Å². The lowest BCUT2D eigenvalue weighted by atomic mass is 10.0. The predicted octanol–water partition coefficient (Wildman–Crippen LogP) is 2.15. The minimum atomic E-state index is -1.22. The molecule has 0 radical (unpaired) electrons. The lowest BCUT2D eigenvalue weighted by Gasteiger charge is -2.27. The Hall–Kier alpha value is -2.32. The molecule has 6 atom stereocenters. The molecule has 1 aliphatic heterocycles. The largest absolute Gasteiger partial charge is 0.370 e. The second kappa shape index (κ2) is 7.74. The predicted molar refractivity (Wildman–Crippen MR) is 95.2 cm³/mol. The highest BCUT2D eigenvalue weighted by molar-refractivity contribution is 5.15. The average Bonchev–Trinajstić information content (AvgIpc) is 3.16. The van der Waals surface area contributed by atoms with Gasteiger partial charge in [-0.25, -0.2) is 0 Å². The first-order valence-electron chi connectivity index (χ1n) is 8.93. The van der Waals surface area contributed by atoms with Crippen molar-refractivity contribution in [2.24, 2.45) is 5.92 Å². The number of aliphatic hydroxyl groups excluding tert-OH is 1. The molecule has 2 aromatic rings. The summed E-state index contributed by atoms with van der Waals surface area (Å²) in [6.45, 7) is 0.536. The summed E-state index contributed by atoms with van der Waals surface area (Å²) >= 11 is 0. The molecule has 0 aromatic heterocycles. The zero-order valence-electron chi connectivity index (χ0n) is 14.6. The molecule has 2 fully saturated rings. The van der Waals surface area contributed by atoms with E-state index in [0.29, 0.717) is 6.61 Å². The number of ether oxygens (including phenoxy) is 3. The Balaban J connectivity index is 1.49. The van der Waals surface area contributed by atoms with Crippen LogP contribution in [0.25, 0.3) is 0 Å². The van der Waals surface area contributed by atoms with Crippen LogP contribution in [0.4, 0.5) is 0 Å². The number of aliphatic hydroxyl groups is 1. The standard InChI is InChI=1S/C20H21NO6/c22-20-15-16(21(23)24)18(26-12-14-9-5-2-6-10-14)19(27-20)17(15)25-11-13-7-3-1-4-8-13/h1-10,15-20,22H,11-12H2/t15-,16-,17+,18+,19-,20?/m0/s1. The monoisotopic (exact) mass is 371 g/mol. The number of rotatable bonds is 7. The van der Waals surface area contributed by atoms with E-state index in [9.17, 15) is 15.2 Å². The quantitative estimate of drug-likeness (QED) is 0.592. The summed E-state index contributed by atoms with van der Waals surface area (Å²) in [6, 6.07) is 17.9. The van der Waals surface area contributed by atoms with Crippen molar-refractivity contribution in [3.05, 3.63) is 81.9 Å². The van der Waals surface area contributed by atoms with Crippen LogP contribution in [-0.4, -0.2) is 40.7 Å². The molecule has 4 rings (SSSR count). The smallest absolute Gasteiger partial charge is 0.251 e. The lowest BCUT2D eigenvalue weighted by Crippen LogP contribution is -2.48. The Labute approximate surface area is 156 Å². The normalized spacial score (nSPS) is 31.9. The van der Waals surface area contributed by atoms with Gasteiger partial charge in [-0.3, -0.25) is 10.1 Å². The van der Waals surface area contributed by atoms with Gasteiger partial charge in [-0.2, -0.15) is 0 Å². The minimum absolute atomic E-state index is 0.240. The summed E-state index contributed by atoms with van der Waals surface area (Å²) in [5, 5.41) is 21.8. The highest BCUT2D eigenvalue weighted by atomic mass is 16.7. The van der Waals surface area contributed by atoms with E-state index < -0.39 is 36.6 Å². The summed E-state index contributed by atoms with van der Waals surface area (Å²) < 4.78 is 17.4. The third-order valence-electron chi connectivity index (χ3n) is 5.20. The number of nitrogens with zero attached hydrogens (tertiary/aromatic N) is 1. The molecule has 0 amide bonds. The van der Waals surface area contributed by atoms with E-state index in [1.807, 2.05) is 60.7 Å². The molecule has 27 heavy (non-hydrogen) atoms. The van der Waals surface area contributed by atoms with E-state index in [2.05, 4.69) is 0 Å². The van der Waals surface area contributed by atoms with Crippen LogP contribution in [0.15, 0.2) is 60.7 Å². The summed E-state index contributed by atoms with van der Waals surface area (Å²) in [7, 11) is 0. The Bertz CT molecular complexity index is 771. The Kier molecular flexibility index (Phi) is 5.18. The summed E-state index contributed by atoms with van der Waals surface area (Å²) in [4.78, 5) is 11.3. The van der Waals surface area contributed by atoms with E-state index in [4.69, 9.17) is 14.2 Å². The Morgan fingerprint density at radius 1 is 0.926 bits per heavy atom. The van der Waals surface area contributed by atoms with Crippen LogP contribution in [0.5, 0.6) is 0 Å². The molecule has 2 aliphatic rings. The number of hydrogen-bond acceptors (Lipinski definition) is 6.